The van der Waals surface area contributed by atoms with Gasteiger partial charge in [0.15, 0.2) is 0 Å². The van der Waals surface area contributed by atoms with Crippen molar-refractivity contribution < 1.29 is 43.5 Å². The van der Waals surface area contributed by atoms with E-state index in [4.69, 9.17) is 0 Å². The summed E-state index contributed by atoms with van der Waals surface area (Å²) in [5.41, 5.74) is 4.50. The SMILES string of the molecule is CCO[PH](=O)[O-].CN.[Na+]. The average Bonchev–Trinajstić information content (AvgIpc) is 1.72. The van der Waals surface area contributed by atoms with Crippen molar-refractivity contribution in [3.05, 3.63) is 0 Å². The number of hydrogen-bond donors (Lipinski definition) is 1. The molecule has 0 aromatic rings. The van der Waals surface area contributed by atoms with Crippen LogP contribution in [0.4, 0.5) is 0 Å². The van der Waals surface area contributed by atoms with E-state index >= 15 is 0 Å². The van der Waals surface area contributed by atoms with Crippen molar-refractivity contribution in [1.29, 1.82) is 0 Å². The van der Waals surface area contributed by atoms with Crippen LogP contribution in [0.1, 0.15) is 6.92 Å². The summed E-state index contributed by atoms with van der Waals surface area (Å²) in [5.74, 6) is 0. The summed E-state index contributed by atoms with van der Waals surface area (Å²) in [6, 6.07) is 0. The van der Waals surface area contributed by atoms with E-state index in [-0.39, 0.29) is 36.2 Å². The van der Waals surface area contributed by atoms with E-state index in [1.54, 1.807) is 6.92 Å². The van der Waals surface area contributed by atoms with Crippen LogP contribution >= 0.6 is 8.25 Å². The Morgan fingerprint density at radius 1 is 1.67 bits per heavy atom. The van der Waals surface area contributed by atoms with Crippen LogP contribution < -0.4 is 40.2 Å². The summed E-state index contributed by atoms with van der Waals surface area (Å²) in [7, 11) is -1.39. The third-order valence-electron chi connectivity index (χ3n) is 0.262. The third-order valence-corrected chi connectivity index (χ3v) is 0.787. The van der Waals surface area contributed by atoms with Gasteiger partial charge in [0.2, 0.25) is 0 Å². The maximum absolute atomic E-state index is 9.45. The molecular weight excluding hydrogens is 152 g/mol. The topological polar surface area (TPSA) is 75.4 Å². The molecule has 0 saturated carbocycles. The Hall–Kier alpha value is 1.11. The fourth-order valence-corrected chi connectivity index (χ4v) is 0.354. The second-order valence-electron chi connectivity index (χ2n) is 0.683. The Kier molecular flexibility index (Phi) is 29.6. The van der Waals surface area contributed by atoms with E-state index in [2.05, 4.69) is 10.3 Å². The summed E-state index contributed by atoms with van der Waals surface area (Å²) in [5, 5.41) is 0. The van der Waals surface area contributed by atoms with Gasteiger partial charge in [-0.3, -0.25) is 0 Å². The summed E-state index contributed by atoms with van der Waals surface area (Å²) in [6.07, 6.45) is 0. The first kappa shape index (κ1) is 16.6. The predicted octanol–water partition coefficient (Wildman–Crippen LogP) is -3.65. The van der Waals surface area contributed by atoms with Gasteiger partial charge in [0.05, 0.1) is 0 Å². The minimum absolute atomic E-state index is 0. The van der Waals surface area contributed by atoms with Crippen molar-refractivity contribution in [3.8, 4) is 0 Å². The Labute approximate surface area is 78.0 Å². The van der Waals surface area contributed by atoms with E-state index in [1.807, 2.05) is 0 Å². The van der Waals surface area contributed by atoms with Crippen molar-refractivity contribution in [3.63, 3.8) is 0 Å². The molecule has 0 spiro atoms. The summed E-state index contributed by atoms with van der Waals surface area (Å²) >= 11 is 0. The summed E-state index contributed by atoms with van der Waals surface area (Å²) in [4.78, 5) is 9.45. The van der Waals surface area contributed by atoms with Gasteiger partial charge >= 0.3 is 29.6 Å². The summed E-state index contributed by atoms with van der Waals surface area (Å²) in [6.45, 7) is 1.88. The van der Waals surface area contributed by atoms with Gasteiger partial charge < -0.3 is 19.7 Å². The smallest absolute Gasteiger partial charge is 0.781 e. The van der Waals surface area contributed by atoms with Crippen LogP contribution in [-0.2, 0) is 9.09 Å². The largest absolute Gasteiger partial charge is 1.00 e. The molecule has 0 bridgehead atoms. The Morgan fingerprint density at radius 2 is 2.00 bits per heavy atom. The molecule has 1 unspecified atom stereocenters. The maximum Gasteiger partial charge on any atom is 1.00 e. The maximum atomic E-state index is 9.45. The molecule has 52 valence electrons. The van der Waals surface area contributed by atoms with Crippen molar-refractivity contribution in [2.24, 2.45) is 5.73 Å². The molecular formula is C3H11NNaO3P. The van der Waals surface area contributed by atoms with Gasteiger partial charge in [0.1, 0.15) is 8.25 Å². The standard InChI is InChI=1S/C2H7O3P.CH5N.Na/c1-2-5-6(3)4;1-2;/h6H,2H2,1H3,(H,3,4);2H2,1H3;/q;;+1/p-1. The van der Waals surface area contributed by atoms with E-state index in [1.165, 1.54) is 7.05 Å². The molecule has 0 aliphatic heterocycles. The van der Waals surface area contributed by atoms with E-state index in [9.17, 15) is 9.46 Å². The Balaban J connectivity index is -0.000000109. The Bertz CT molecular complexity index is 63.0. The monoisotopic (exact) mass is 163 g/mol. The molecule has 0 saturated heterocycles. The van der Waals surface area contributed by atoms with Gasteiger partial charge in [-0.05, 0) is 14.0 Å². The molecule has 0 aromatic carbocycles. The molecule has 0 rings (SSSR count). The zero-order valence-corrected chi connectivity index (χ0v) is 9.01. The fourth-order valence-electron chi connectivity index (χ4n) is 0.118. The van der Waals surface area contributed by atoms with Crippen molar-refractivity contribution in [1.82, 2.24) is 0 Å². The number of nitrogens with two attached hydrogens (primary N) is 1. The molecule has 0 fully saturated rings. The molecule has 0 aliphatic carbocycles. The molecule has 0 heterocycles. The van der Waals surface area contributed by atoms with E-state index in [0.29, 0.717) is 0 Å². The Morgan fingerprint density at radius 3 is 2.00 bits per heavy atom. The molecule has 0 amide bonds. The molecule has 1 atom stereocenters. The van der Waals surface area contributed by atoms with Gasteiger partial charge in [-0.2, -0.15) is 0 Å². The van der Waals surface area contributed by atoms with Gasteiger partial charge in [-0.15, -0.1) is 0 Å². The fraction of sp³-hybridized carbons (Fsp3) is 1.00. The van der Waals surface area contributed by atoms with Gasteiger partial charge in [0, 0.05) is 6.61 Å². The second-order valence-corrected chi connectivity index (χ2v) is 1.47. The molecule has 4 nitrogen and oxygen atoms in total. The number of rotatable bonds is 2. The minimum atomic E-state index is -2.89. The van der Waals surface area contributed by atoms with Crippen LogP contribution in [-0.4, -0.2) is 13.7 Å². The quantitative estimate of drug-likeness (QED) is 0.336. The van der Waals surface area contributed by atoms with Gasteiger partial charge in [0.25, 0.3) is 0 Å². The molecule has 6 heteroatoms. The van der Waals surface area contributed by atoms with Crippen LogP contribution in [0.15, 0.2) is 0 Å². The number of hydrogen-bond acceptors (Lipinski definition) is 4. The van der Waals surface area contributed by atoms with Crippen molar-refractivity contribution >= 4 is 8.25 Å². The van der Waals surface area contributed by atoms with E-state index in [0.717, 1.165) is 0 Å². The van der Waals surface area contributed by atoms with Crippen LogP contribution in [0.25, 0.3) is 0 Å². The summed E-state index contributed by atoms with van der Waals surface area (Å²) < 4.78 is 13.5. The molecule has 9 heavy (non-hydrogen) atoms. The van der Waals surface area contributed by atoms with Gasteiger partial charge in [-0.1, -0.05) is 0 Å². The normalized spacial score (nSPS) is 10.2. The molecule has 0 aliphatic rings. The first-order valence-corrected chi connectivity index (χ1v) is 3.41. The predicted molar refractivity (Wildman–Crippen MR) is 30.7 cm³/mol. The third kappa shape index (κ3) is 27.3. The minimum Gasteiger partial charge on any atom is -0.781 e. The average molecular weight is 163 g/mol. The van der Waals surface area contributed by atoms with Crippen LogP contribution in [0.2, 0.25) is 0 Å². The first-order valence-electron chi connectivity index (χ1n) is 2.19. The first-order chi connectivity index (χ1) is 3.77. The van der Waals surface area contributed by atoms with Gasteiger partial charge in [-0.25, -0.2) is 0 Å². The zero-order valence-electron chi connectivity index (χ0n) is 6.01. The van der Waals surface area contributed by atoms with Crippen molar-refractivity contribution in [2.45, 2.75) is 6.92 Å². The van der Waals surface area contributed by atoms with E-state index < -0.39 is 8.25 Å². The molecule has 2 N–H and O–H groups in total. The van der Waals surface area contributed by atoms with Crippen LogP contribution in [0.5, 0.6) is 0 Å². The zero-order chi connectivity index (χ0) is 6.99. The van der Waals surface area contributed by atoms with Crippen LogP contribution in [0.3, 0.4) is 0 Å². The second kappa shape index (κ2) is 16.1. The van der Waals surface area contributed by atoms with Crippen LogP contribution in [0, 0.1) is 0 Å². The molecule has 0 aromatic heterocycles. The van der Waals surface area contributed by atoms with Crippen molar-refractivity contribution in [2.75, 3.05) is 13.7 Å². The molecule has 0 radical (unpaired) electrons.